The number of hydrogen-bond donors (Lipinski definition) is 2. The predicted octanol–water partition coefficient (Wildman–Crippen LogP) is 3.98. The minimum absolute atomic E-state index is 0.701. The number of likely N-dealkylation sites (tertiary alicyclic amines) is 1. The van der Waals surface area contributed by atoms with Crippen LogP contribution in [0.5, 0.6) is 0 Å². The van der Waals surface area contributed by atoms with E-state index < -0.39 is 0 Å². The van der Waals surface area contributed by atoms with Gasteiger partial charge in [-0.1, -0.05) is 31.2 Å². The van der Waals surface area contributed by atoms with Gasteiger partial charge in [0.1, 0.15) is 0 Å². The maximum absolute atomic E-state index is 4.84. The summed E-state index contributed by atoms with van der Waals surface area (Å²) in [6.07, 6.45) is 5.49. The van der Waals surface area contributed by atoms with E-state index in [2.05, 4.69) is 65.6 Å². The topological polar surface area (TPSA) is 52.6 Å². The third kappa shape index (κ3) is 7.12. The van der Waals surface area contributed by atoms with Gasteiger partial charge in [0.25, 0.3) is 0 Å². The second kappa shape index (κ2) is 11.3. The van der Waals surface area contributed by atoms with Gasteiger partial charge in [0.05, 0.1) is 11.6 Å². The number of aromatic nitrogens is 1. The highest BCUT2D eigenvalue weighted by Gasteiger charge is 2.16. The monoisotopic (exact) mass is 413 g/mol. The first-order valence-corrected chi connectivity index (χ1v) is 11.7. The van der Waals surface area contributed by atoms with E-state index in [1.165, 1.54) is 46.9 Å². The van der Waals surface area contributed by atoms with Crippen molar-refractivity contribution >= 4 is 17.3 Å². The van der Waals surface area contributed by atoms with Crippen LogP contribution in [-0.4, -0.2) is 42.0 Å². The van der Waals surface area contributed by atoms with Gasteiger partial charge in [-0.2, -0.15) is 0 Å². The highest BCUT2D eigenvalue weighted by atomic mass is 32.1. The van der Waals surface area contributed by atoms with Crippen molar-refractivity contribution in [3.05, 3.63) is 51.5 Å². The number of thiazole rings is 1. The van der Waals surface area contributed by atoms with Crippen molar-refractivity contribution in [2.45, 2.75) is 53.1 Å². The molecule has 0 atom stereocenters. The molecule has 2 aromatic rings. The van der Waals surface area contributed by atoms with Crippen molar-refractivity contribution in [2.75, 3.05) is 26.2 Å². The molecule has 1 fully saturated rings. The molecule has 2 N–H and O–H groups in total. The molecule has 1 saturated heterocycles. The number of piperidine rings is 1. The highest BCUT2D eigenvalue weighted by Crippen LogP contribution is 2.20. The summed E-state index contributed by atoms with van der Waals surface area (Å²) >= 11 is 1.77. The van der Waals surface area contributed by atoms with Crippen molar-refractivity contribution in [3.8, 4) is 0 Å². The van der Waals surface area contributed by atoms with Crippen LogP contribution in [0.25, 0.3) is 0 Å². The summed E-state index contributed by atoms with van der Waals surface area (Å²) in [7, 11) is 0. The molecule has 0 unspecified atom stereocenters. The number of guanidine groups is 1. The number of rotatable bonds is 8. The average molecular weight is 414 g/mol. The zero-order chi connectivity index (χ0) is 20.5. The summed E-state index contributed by atoms with van der Waals surface area (Å²) < 4.78 is 0. The van der Waals surface area contributed by atoms with Gasteiger partial charge in [0, 0.05) is 37.1 Å². The Morgan fingerprint density at radius 3 is 2.66 bits per heavy atom. The van der Waals surface area contributed by atoms with Gasteiger partial charge in [0.15, 0.2) is 5.96 Å². The van der Waals surface area contributed by atoms with Crippen molar-refractivity contribution in [1.82, 2.24) is 20.5 Å². The van der Waals surface area contributed by atoms with Crippen molar-refractivity contribution in [1.29, 1.82) is 0 Å². The molecule has 0 radical (unpaired) electrons. The Labute approximate surface area is 179 Å². The van der Waals surface area contributed by atoms with Crippen LogP contribution in [0.1, 0.15) is 47.7 Å². The van der Waals surface area contributed by atoms with Crippen molar-refractivity contribution in [3.63, 3.8) is 0 Å². The fraction of sp³-hybridized carbons (Fsp3) is 0.565. The minimum atomic E-state index is 0.701. The second-order valence-corrected chi connectivity index (χ2v) is 9.28. The smallest absolute Gasteiger partial charge is 0.191 e. The lowest BCUT2D eigenvalue weighted by molar-refractivity contribution is 0.185. The number of nitrogens with zero attached hydrogens (tertiary/aromatic N) is 3. The Kier molecular flexibility index (Phi) is 8.50. The predicted molar refractivity (Wildman–Crippen MR) is 123 cm³/mol. The van der Waals surface area contributed by atoms with Crippen LogP contribution in [0.15, 0.2) is 35.5 Å². The van der Waals surface area contributed by atoms with Gasteiger partial charge in [-0.15, -0.1) is 11.3 Å². The fourth-order valence-electron chi connectivity index (χ4n) is 3.64. The van der Waals surface area contributed by atoms with E-state index in [1.54, 1.807) is 11.3 Å². The van der Waals surface area contributed by atoms with Crippen LogP contribution >= 0.6 is 11.3 Å². The molecular weight excluding hydrogens is 378 g/mol. The molecule has 0 spiro atoms. The van der Waals surface area contributed by atoms with Crippen LogP contribution in [-0.2, 0) is 19.5 Å². The third-order valence-electron chi connectivity index (χ3n) is 5.44. The van der Waals surface area contributed by atoms with E-state index in [9.17, 15) is 0 Å². The van der Waals surface area contributed by atoms with E-state index >= 15 is 0 Å². The Balaban J connectivity index is 1.56. The molecule has 158 valence electrons. The van der Waals surface area contributed by atoms with Gasteiger partial charge in [-0.25, -0.2) is 9.98 Å². The van der Waals surface area contributed by atoms with Crippen LogP contribution in [0.2, 0.25) is 0 Å². The molecule has 0 saturated carbocycles. The molecule has 0 bridgehead atoms. The van der Waals surface area contributed by atoms with E-state index in [0.717, 1.165) is 37.9 Å². The van der Waals surface area contributed by atoms with Crippen molar-refractivity contribution < 1.29 is 0 Å². The Morgan fingerprint density at radius 1 is 1.21 bits per heavy atom. The van der Waals surface area contributed by atoms with Gasteiger partial charge >= 0.3 is 0 Å². The van der Waals surface area contributed by atoms with Gasteiger partial charge in [-0.05, 0) is 56.8 Å². The molecule has 1 aromatic heterocycles. The average Bonchev–Trinajstić information content (AvgIpc) is 3.14. The van der Waals surface area contributed by atoms with Gasteiger partial charge < -0.3 is 10.6 Å². The highest BCUT2D eigenvalue weighted by molar-refractivity contribution is 7.11. The Morgan fingerprint density at radius 2 is 1.97 bits per heavy atom. The van der Waals surface area contributed by atoms with Gasteiger partial charge in [0.2, 0.25) is 0 Å². The lowest BCUT2D eigenvalue weighted by Gasteiger charge is -2.30. The molecule has 5 nitrogen and oxygen atoms in total. The molecule has 2 heterocycles. The second-order valence-electron chi connectivity index (χ2n) is 7.96. The van der Waals surface area contributed by atoms with E-state index in [-0.39, 0.29) is 0 Å². The number of nitrogens with one attached hydrogen (secondary N) is 2. The zero-order valence-corrected chi connectivity index (χ0v) is 18.9. The lowest BCUT2D eigenvalue weighted by Crippen LogP contribution is -2.38. The number of hydrogen-bond acceptors (Lipinski definition) is 4. The molecule has 0 amide bonds. The van der Waals surface area contributed by atoms with E-state index in [1.807, 2.05) is 6.20 Å². The van der Waals surface area contributed by atoms with Crippen LogP contribution in [0.4, 0.5) is 0 Å². The Bertz CT molecular complexity index is 777. The summed E-state index contributed by atoms with van der Waals surface area (Å²) in [6.45, 7) is 12.4. The number of benzene rings is 1. The number of aliphatic imine (C=N–C) groups is 1. The lowest BCUT2D eigenvalue weighted by atomic mass is 9.98. The molecule has 1 aliphatic heterocycles. The normalized spacial score (nSPS) is 16.2. The molecule has 6 heteroatoms. The maximum atomic E-state index is 4.84. The van der Waals surface area contributed by atoms with Crippen molar-refractivity contribution in [2.24, 2.45) is 10.9 Å². The first-order valence-electron chi connectivity index (χ1n) is 10.9. The zero-order valence-electron chi connectivity index (χ0n) is 18.1. The standard InChI is InChI=1S/C23H35N5S/c1-4-24-23(25-12-9-22-26-15-19(3)29-22)27-16-20-7-5-6-8-21(20)17-28-13-10-18(2)11-14-28/h5-8,15,18H,4,9-14,16-17H2,1-3H3,(H2,24,25,27). The van der Waals surface area contributed by atoms with E-state index in [0.29, 0.717) is 6.54 Å². The third-order valence-corrected chi connectivity index (χ3v) is 6.41. The summed E-state index contributed by atoms with van der Waals surface area (Å²) in [5.74, 6) is 1.75. The van der Waals surface area contributed by atoms with Crippen LogP contribution in [0, 0.1) is 12.8 Å². The van der Waals surface area contributed by atoms with Crippen LogP contribution < -0.4 is 10.6 Å². The summed E-state index contributed by atoms with van der Waals surface area (Å²) in [4.78, 5) is 13.1. The van der Waals surface area contributed by atoms with Gasteiger partial charge in [-0.3, -0.25) is 4.90 Å². The first-order chi connectivity index (χ1) is 14.1. The maximum Gasteiger partial charge on any atom is 0.191 e. The quantitative estimate of drug-likeness (QED) is 0.508. The molecule has 0 aliphatic carbocycles. The molecule has 3 rings (SSSR count). The molecular formula is C23H35N5S. The van der Waals surface area contributed by atoms with Crippen LogP contribution in [0.3, 0.4) is 0 Å². The molecule has 29 heavy (non-hydrogen) atoms. The van der Waals surface area contributed by atoms with E-state index in [4.69, 9.17) is 4.99 Å². The minimum Gasteiger partial charge on any atom is -0.357 e. The molecule has 1 aliphatic rings. The number of aryl methyl sites for hydroxylation is 1. The SMILES string of the molecule is CCNC(=NCc1ccccc1CN1CCC(C)CC1)NCCc1ncc(C)s1. The summed E-state index contributed by atoms with van der Waals surface area (Å²) in [6, 6.07) is 8.74. The summed E-state index contributed by atoms with van der Waals surface area (Å²) in [5, 5.41) is 7.98. The fourth-order valence-corrected chi connectivity index (χ4v) is 4.42. The molecule has 1 aromatic carbocycles. The largest absolute Gasteiger partial charge is 0.357 e. The summed E-state index contributed by atoms with van der Waals surface area (Å²) in [5.41, 5.74) is 2.72. The first kappa shape index (κ1) is 21.8. The Hall–Kier alpha value is -1.92.